The molecular weight excluding hydrogens is 472 g/mol. The van der Waals surface area contributed by atoms with E-state index >= 15 is 0 Å². The third-order valence-electron chi connectivity index (χ3n) is 6.24. The number of aliphatic hydroxyl groups is 1. The van der Waals surface area contributed by atoms with Crippen molar-refractivity contribution in [2.45, 2.75) is 44.2 Å². The lowest BCUT2D eigenvalue weighted by atomic mass is 10.1. The average Bonchev–Trinajstić information content (AvgIpc) is 3.03. The molecule has 0 bridgehead atoms. The lowest BCUT2D eigenvalue weighted by Crippen LogP contribution is -2.35. The van der Waals surface area contributed by atoms with Crippen molar-refractivity contribution >= 4 is 21.1 Å². The van der Waals surface area contributed by atoms with Crippen LogP contribution in [0.15, 0.2) is 27.9 Å². The first-order valence-corrected chi connectivity index (χ1v) is 13.2. The Morgan fingerprint density at radius 2 is 1.97 bits per heavy atom. The number of fused-ring (bicyclic) bond motifs is 1. The summed E-state index contributed by atoms with van der Waals surface area (Å²) in [5, 5.41) is 14.6. The van der Waals surface area contributed by atoms with E-state index in [4.69, 9.17) is 9.72 Å². The number of rotatable bonds is 7. The van der Waals surface area contributed by atoms with Crippen LogP contribution in [0.1, 0.15) is 32.4 Å². The molecule has 3 aromatic rings. The topological polar surface area (TPSA) is 134 Å². The van der Waals surface area contributed by atoms with Crippen molar-refractivity contribution in [1.82, 2.24) is 29.0 Å². The summed E-state index contributed by atoms with van der Waals surface area (Å²) in [5.41, 5.74) is 1.60. The molecule has 35 heavy (non-hydrogen) atoms. The third-order valence-corrected chi connectivity index (χ3v) is 8.14. The van der Waals surface area contributed by atoms with Crippen molar-refractivity contribution < 1.29 is 18.3 Å². The van der Waals surface area contributed by atoms with Crippen LogP contribution in [0.25, 0.3) is 22.4 Å². The Morgan fingerprint density at radius 1 is 1.20 bits per heavy atom. The van der Waals surface area contributed by atoms with Gasteiger partial charge in [-0.25, -0.2) is 13.4 Å². The summed E-state index contributed by atoms with van der Waals surface area (Å²) >= 11 is 0. The van der Waals surface area contributed by atoms with Gasteiger partial charge >= 0.3 is 0 Å². The smallest absolute Gasteiger partial charge is 0.277 e. The van der Waals surface area contributed by atoms with Crippen molar-refractivity contribution in [2.75, 3.05) is 33.3 Å². The maximum atomic E-state index is 13.5. The number of hydrogen-bond donors (Lipinski definition) is 2. The molecule has 1 aliphatic rings. The van der Waals surface area contributed by atoms with Crippen LogP contribution in [0.5, 0.6) is 5.75 Å². The Bertz CT molecular complexity index is 1370. The van der Waals surface area contributed by atoms with Crippen molar-refractivity contribution in [3.05, 3.63) is 34.2 Å². The van der Waals surface area contributed by atoms with E-state index in [1.54, 1.807) is 25.1 Å². The summed E-state index contributed by atoms with van der Waals surface area (Å²) < 4.78 is 35.7. The van der Waals surface area contributed by atoms with E-state index in [9.17, 15) is 18.3 Å². The number of nitrogens with zero attached hydrogens (tertiary/aromatic N) is 5. The average molecular weight is 505 g/mol. The Hall–Kier alpha value is -2.80. The molecule has 1 saturated heterocycles. The maximum absolute atomic E-state index is 13.5. The molecular formula is C23H32N6O5S. The van der Waals surface area contributed by atoms with E-state index in [1.807, 2.05) is 13.8 Å². The molecule has 1 aliphatic heterocycles. The first kappa shape index (κ1) is 25.3. The predicted molar refractivity (Wildman–Crippen MR) is 132 cm³/mol. The molecule has 12 heteroatoms. The van der Waals surface area contributed by atoms with Gasteiger partial charge in [0.25, 0.3) is 5.56 Å². The van der Waals surface area contributed by atoms with Gasteiger partial charge in [0, 0.05) is 33.1 Å². The van der Waals surface area contributed by atoms with Crippen LogP contribution in [0.4, 0.5) is 0 Å². The number of H-pyrrole nitrogens is 1. The van der Waals surface area contributed by atoms with Crippen LogP contribution in [-0.4, -0.2) is 82.0 Å². The van der Waals surface area contributed by atoms with Crippen molar-refractivity contribution in [3.63, 3.8) is 0 Å². The molecule has 2 aromatic heterocycles. The number of aliphatic hydroxyl groups excluding tert-OH is 1. The normalized spacial score (nSPS) is 18.1. The summed E-state index contributed by atoms with van der Waals surface area (Å²) in [6.07, 6.45) is 1.12. The molecule has 0 spiro atoms. The maximum Gasteiger partial charge on any atom is 0.277 e. The van der Waals surface area contributed by atoms with E-state index in [2.05, 4.69) is 10.1 Å². The molecule has 1 fully saturated rings. The third kappa shape index (κ3) is 4.83. The molecule has 0 radical (unpaired) electrons. The predicted octanol–water partition coefficient (Wildman–Crippen LogP) is 1.32. The fourth-order valence-electron chi connectivity index (χ4n) is 4.31. The van der Waals surface area contributed by atoms with Crippen LogP contribution in [0, 0.1) is 0 Å². The summed E-state index contributed by atoms with van der Waals surface area (Å²) in [6.45, 7) is 5.08. The molecule has 11 nitrogen and oxygen atoms in total. The van der Waals surface area contributed by atoms with Crippen LogP contribution in [0.3, 0.4) is 0 Å². The zero-order valence-corrected chi connectivity index (χ0v) is 21.3. The van der Waals surface area contributed by atoms with Crippen molar-refractivity contribution in [1.29, 1.82) is 0 Å². The van der Waals surface area contributed by atoms with Gasteiger partial charge < -0.3 is 14.8 Å². The van der Waals surface area contributed by atoms with Gasteiger partial charge in [-0.3, -0.25) is 14.4 Å². The number of ether oxygens (including phenoxy) is 1. The Labute approximate surface area is 204 Å². The molecule has 0 amide bonds. The minimum absolute atomic E-state index is 0.0673. The van der Waals surface area contributed by atoms with Gasteiger partial charge in [0.2, 0.25) is 10.0 Å². The quantitative estimate of drug-likeness (QED) is 0.492. The van der Waals surface area contributed by atoms with Gasteiger partial charge in [-0.15, -0.1) is 0 Å². The zero-order chi connectivity index (χ0) is 25.3. The number of aromatic nitrogens is 4. The van der Waals surface area contributed by atoms with E-state index in [-0.39, 0.29) is 29.4 Å². The largest absolute Gasteiger partial charge is 0.493 e. The number of aryl methyl sites for hydroxylation is 2. The van der Waals surface area contributed by atoms with Crippen LogP contribution in [0.2, 0.25) is 0 Å². The van der Waals surface area contributed by atoms with Crippen LogP contribution in [-0.2, 0) is 23.5 Å². The molecule has 0 aliphatic carbocycles. The van der Waals surface area contributed by atoms with E-state index in [0.717, 1.165) is 6.42 Å². The van der Waals surface area contributed by atoms with Crippen LogP contribution < -0.4 is 10.3 Å². The molecule has 1 atom stereocenters. The van der Waals surface area contributed by atoms with Crippen molar-refractivity contribution in [2.24, 2.45) is 7.05 Å². The second-order valence-corrected chi connectivity index (χ2v) is 10.6. The molecule has 0 saturated carbocycles. The summed E-state index contributed by atoms with van der Waals surface area (Å²) in [6, 6.07) is 4.58. The minimum Gasteiger partial charge on any atom is -0.493 e. The van der Waals surface area contributed by atoms with Gasteiger partial charge in [0.05, 0.1) is 22.8 Å². The molecule has 2 N–H and O–H groups in total. The fourth-order valence-corrected chi connectivity index (χ4v) is 5.79. The summed E-state index contributed by atoms with van der Waals surface area (Å²) in [7, 11) is -0.392. The van der Waals surface area contributed by atoms with Gasteiger partial charge in [0.1, 0.15) is 23.3 Å². The van der Waals surface area contributed by atoms with Gasteiger partial charge in [-0.1, -0.05) is 13.3 Å². The SMILES string of the molecule is CCCc1nn(C)c2c(=O)[nH]c(-c3cc(S(=O)(=O)N4CCC(O)N(C)CC4)ccc3OCC)nc12. The molecule has 190 valence electrons. The fraction of sp³-hybridized carbons (Fsp3) is 0.522. The highest BCUT2D eigenvalue weighted by molar-refractivity contribution is 7.89. The lowest BCUT2D eigenvalue weighted by molar-refractivity contribution is 0.0268. The molecule has 4 rings (SSSR count). The second-order valence-electron chi connectivity index (χ2n) is 8.68. The molecule has 3 heterocycles. The van der Waals surface area contributed by atoms with Gasteiger partial charge in [-0.2, -0.15) is 9.40 Å². The van der Waals surface area contributed by atoms with Gasteiger partial charge in [0.15, 0.2) is 5.52 Å². The van der Waals surface area contributed by atoms with Crippen molar-refractivity contribution in [3.8, 4) is 17.1 Å². The summed E-state index contributed by atoms with van der Waals surface area (Å²) in [5.74, 6) is 0.639. The number of hydrogen-bond acceptors (Lipinski definition) is 8. The zero-order valence-electron chi connectivity index (χ0n) is 20.5. The van der Waals surface area contributed by atoms with Gasteiger partial charge in [-0.05, 0) is 38.6 Å². The number of aromatic amines is 1. The monoisotopic (exact) mass is 504 g/mol. The van der Waals surface area contributed by atoms with E-state index < -0.39 is 16.3 Å². The Kier molecular flexibility index (Phi) is 7.27. The second kappa shape index (κ2) is 10.1. The Balaban J connectivity index is 1.83. The standard InChI is InChI=1S/C23H32N6O5S/c1-5-7-17-20-21(28(4)26-17)23(31)25-22(24-20)16-14-15(8-9-18(16)34-6-2)35(32,33)29-11-10-19(30)27(3)12-13-29/h8-9,14,19,30H,5-7,10-13H2,1-4H3,(H,24,25,31). The first-order valence-electron chi connectivity index (χ1n) is 11.8. The first-order chi connectivity index (χ1) is 16.7. The highest BCUT2D eigenvalue weighted by Crippen LogP contribution is 2.32. The van der Waals surface area contributed by atoms with E-state index in [0.29, 0.717) is 54.0 Å². The highest BCUT2D eigenvalue weighted by atomic mass is 32.2. The lowest BCUT2D eigenvalue weighted by Gasteiger charge is -2.21. The summed E-state index contributed by atoms with van der Waals surface area (Å²) in [4.78, 5) is 22.2. The number of likely N-dealkylation sites (N-methyl/N-ethyl adjacent to an activating group) is 1. The number of sulfonamides is 1. The molecule has 1 unspecified atom stereocenters. The minimum atomic E-state index is -3.86. The van der Waals surface area contributed by atoms with E-state index in [1.165, 1.54) is 21.1 Å². The number of nitrogens with one attached hydrogen (secondary N) is 1. The Morgan fingerprint density at radius 3 is 2.69 bits per heavy atom. The number of benzene rings is 1. The van der Waals surface area contributed by atoms with Crippen LogP contribution >= 0.6 is 0 Å². The molecule has 1 aromatic carbocycles. The highest BCUT2D eigenvalue weighted by Gasteiger charge is 2.30.